The lowest BCUT2D eigenvalue weighted by Crippen LogP contribution is -2.12. The third-order valence-electron chi connectivity index (χ3n) is 2.62. The largest absolute Gasteiger partial charge is 0.306 e. The molecule has 18 heavy (non-hydrogen) atoms. The Kier molecular flexibility index (Phi) is 2.33. The summed E-state index contributed by atoms with van der Waals surface area (Å²) in [7, 11) is 0. The van der Waals surface area contributed by atoms with Gasteiger partial charge in [0.2, 0.25) is 0 Å². The third kappa shape index (κ3) is 1.84. The van der Waals surface area contributed by atoms with E-state index in [1.54, 1.807) is 36.9 Å². The fourth-order valence-electron chi connectivity index (χ4n) is 1.73. The molecule has 0 atom stereocenters. The molecule has 0 aliphatic carbocycles. The average molecular weight is 241 g/mol. The molecular formula is C12H11N5O. The fourth-order valence-corrected chi connectivity index (χ4v) is 1.73. The van der Waals surface area contributed by atoms with Crippen LogP contribution in [0.25, 0.3) is 5.52 Å². The van der Waals surface area contributed by atoms with Gasteiger partial charge in [-0.25, -0.2) is 4.98 Å². The summed E-state index contributed by atoms with van der Waals surface area (Å²) in [6.45, 7) is 1.88. The number of nitrogens with zero attached hydrogens (tertiary/aromatic N) is 3. The number of aromatic amines is 1. The minimum Gasteiger partial charge on any atom is -0.306 e. The van der Waals surface area contributed by atoms with Crippen molar-refractivity contribution in [1.82, 2.24) is 19.6 Å². The molecule has 3 heterocycles. The van der Waals surface area contributed by atoms with Crippen LogP contribution in [0.5, 0.6) is 0 Å². The van der Waals surface area contributed by atoms with Gasteiger partial charge in [0.05, 0.1) is 18.0 Å². The molecule has 3 aromatic rings. The highest BCUT2D eigenvalue weighted by atomic mass is 16.1. The molecule has 1 amide bonds. The number of amides is 1. The van der Waals surface area contributed by atoms with Crippen LogP contribution in [0.1, 0.15) is 16.1 Å². The summed E-state index contributed by atoms with van der Waals surface area (Å²) < 4.78 is 1.84. The van der Waals surface area contributed by atoms with Crippen LogP contribution in [0, 0.1) is 6.92 Å². The summed E-state index contributed by atoms with van der Waals surface area (Å²) in [6.07, 6.45) is 5.19. The van der Waals surface area contributed by atoms with E-state index in [0.29, 0.717) is 11.4 Å². The Labute approximate surface area is 103 Å². The smallest absolute Gasteiger partial charge is 0.256 e. The van der Waals surface area contributed by atoms with Crippen molar-refractivity contribution in [3.63, 3.8) is 0 Å². The summed E-state index contributed by atoms with van der Waals surface area (Å²) >= 11 is 0. The molecule has 0 aromatic carbocycles. The summed E-state index contributed by atoms with van der Waals surface area (Å²) in [5.41, 5.74) is 2.35. The summed E-state index contributed by atoms with van der Waals surface area (Å²) in [6, 6.07) is 5.29. The van der Waals surface area contributed by atoms with Gasteiger partial charge in [0.1, 0.15) is 0 Å². The van der Waals surface area contributed by atoms with Crippen molar-refractivity contribution in [1.29, 1.82) is 0 Å². The molecule has 0 spiro atoms. The number of aryl methyl sites for hydroxylation is 1. The zero-order valence-corrected chi connectivity index (χ0v) is 9.71. The average Bonchev–Trinajstić information content (AvgIpc) is 2.96. The van der Waals surface area contributed by atoms with Crippen LogP contribution in [-0.2, 0) is 0 Å². The van der Waals surface area contributed by atoms with Crippen molar-refractivity contribution in [2.75, 3.05) is 5.32 Å². The van der Waals surface area contributed by atoms with Gasteiger partial charge in [0.15, 0.2) is 5.82 Å². The number of nitrogens with one attached hydrogen (secondary N) is 2. The highest BCUT2D eigenvalue weighted by Crippen LogP contribution is 2.10. The SMILES string of the molecule is Cc1cc(NC(=O)c2ccn3cncc3c2)n[nH]1. The first-order chi connectivity index (χ1) is 8.72. The highest BCUT2D eigenvalue weighted by Gasteiger charge is 2.08. The van der Waals surface area contributed by atoms with Crippen LogP contribution in [0.4, 0.5) is 5.82 Å². The van der Waals surface area contributed by atoms with Gasteiger partial charge in [0, 0.05) is 23.5 Å². The number of rotatable bonds is 2. The van der Waals surface area contributed by atoms with Crippen molar-refractivity contribution in [3.05, 3.63) is 48.2 Å². The van der Waals surface area contributed by atoms with Crippen LogP contribution >= 0.6 is 0 Å². The Morgan fingerprint density at radius 2 is 2.33 bits per heavy atom. The van der Waals surface area contributed by atoms with Gasteiger partial charge in [-0.15, -0.1) is 0 Å². The van der Waals surface area contributed by atoms with Gasteiger partial charge >= 0.3 is 0 Å². The molecule has 0 aliphatic heterocycles. The lowest BCUT2D eigenvalue weighted by molar-refractivity contribution is 0.102. The molecule has 3 aromatic heterocycles. The van der Waals surface area contributed by atoms with Crippen molar-refractivity contribution < 1.29 is 4.79 Å². The first-order valence-corrected chi connectivity index (χ1v) is 5.47. The van der Waals surface area contributed by atoms with E-state index in [2.05, 4.69) is 20.5 Å². The Bertz CT molecular complexity index is 712. The molecule has 0 fully saturated rings. The molecule has 0 unspecified atom stereocenters. The number of hydrogen-bond acceptors (Lipinski definition) is 3. The predicted molar refractivity (Wildman–Crippen MR) is 66.5 cm³/mol. The van der Waals surface area contributed by atoms with Gasteiger partial charge in [0.25, 0.3) is 5.91 Å². The zero-order valence-electron chi connectivity index (χ0n) is 9.71. The maximum atomic E-state index is 12.0. The summed E-state index contributed by atoms with van der Waals surface area (Å²) in [5.74, 6) is 0.330. The number of imidazole rings is 1. The van der Waals surface area contributed by atoms with Gasteiger partial charge in [-0.2, -0.15) is 5.10 Å². The number of carbonyl (C=O) groups is 1. The second kappa shape index (κ2) is 3.99. The Hall–Kier alpha value is -2.63. The van der Waals surface area contributed by atoms with E-state index in [9.17, 15) is 4.79 Å². The van der Waals surface area contributed by atoms with Crippen molar-refractivity contribution >= 4 is 17.2 Å². The molecule has 2 N–H and O–H groups in total. The number of aromatic nitrogens is 4. The van der Waals surface area contributed by atoms with Crippen LogP contribution in [-0.4, -0.2) is 25.5 Å². The molecular weight excluding hydrogens is 230 g/mol. The van der Waals surface area contributed by atoms with Gasteiger partial charge < -0.3 is 9.72 Å². The number of hydrogen-bond donors (Lipinski definition) is 2. The maximum absolute atomic E-state index is 12.0. The lowest BCUT2D eigenvalue weighted by atomic mass is 10.2. The standard InChI is InChI=1S/C12H11N5O/c1-8-4-11(16-15-8)14-12(18)9-2-3-17-7-13-6-10(17)5-9/h2-7H,1H3,(H2,14,15,16,18). The van der Waals surface area contributed by atoms with Crippen LogP contribution in [0.3, 0.4) is 0 Å². The van der Waals surface area contributed by atoms with Gasteiger partial charge in [-0.1, -0.05) is 0 Å². The second-order valence-electron chi connectivity index (χ2n) is 4.03. The first kappa shape index (κ1) is 10.5. The summed E-state index contributed by atoms with van der Waals surface area (Å²) in [5, 5.41) is 9.46. The van der Waals surface area contributed by atoms with E-state index in [-0.39, 0.29) is 5.91 Å². The predicted octanol–water partition coefficient (Wildman–Crippen LogP) is 1.62. The van der Waals surface area contributed by atoms with E-state index in [1.807, 2.05) is 11.3 Å². The van der Waals surface area contributed by atoms with Crippen molar-refractivity contribution in [2.24, 2.45) is 0 Å². The number of carbonyl (C=O) groups excluding carboxylic acids is 1. The van der Waals surface area contributed by atoms with Crippen LogP contribution in [0.2, 0.25) is 0 Å². The van der Waals surface area contributed by atoms with Crippen molar-refractivity contribution in [3.8, 4) is 0 Å². The van der Waals surface area contributed by atoms with Crippen LogP contribution < -0.4 is 5.32 Å². The number of pyridine rings is 1. The minimum atomic E-state index is -0.190. The lowest BCUT2D eigenvalue weighted by Gasteiger charge is -2.02. The molecule has 6 heteroatoms. The number of anilines is 1. The maximum Gasteiger partial charge on any atom is 0.256 e. The normalized spacial score (nSPS) is 10.7. The number of H-pyrrole nitrogens is 1. The fraction of sp³-hybridized carbons (Fsp3) is 0.0833. The van der Waals surface area contributed by atoms with Gasteiger partial charge in [-0.05, 0) is 19.1 Å². The van der Waals surface area contributed by atoms with Gasteiger partial charge in [-0.3, -0.25) is 9.89 Å². The number of fused-ring (bicyclic) bond motifs is 1. The first-order valence-electron chi connectivity index (χ1n) is 5.47. The molecule has 0 radical (unpaired) electrons. The second-order valence-corrected chi connectivity index (χ2v) is 4.03. The monoisotopic (exact) mass is 241 g/mol. The Morgan fingerprint density at radius 1 is 1.44 bits per heavy atom. The van der Waals surface area contributed by atoms with E-state index in [1.165, 1.54) is 0 Å². The van der Waals surface area contributed by atoms with E-state index in [4.69, 9.17) is 0 Å². The van der Waals surface area contributed by atoms with E-state index in [0.717, 1.165) is 11.2 Å². The minimum absolute atomic E-state index is 0.190. The van der Waals surface area contributed by atoms with E-state index >= 15 is 0 Å². The molecule has 6 nitrogen and oxygen atoms in total. The zero-order chi connectivity index (χ0) is 12.5. The molecule has 3 rings (SSSR count). The van der Waals surface area contributed by atoms with Crippen molar-refractivity contribution in [2.45, 2.75) is 6.92 Å². The Morgan fingerprint density at radius 3 is 3.11 bits per heavy atom. The third-order valence-corrected chi connectivity index (χ3v) is 2.62. The summed E-state index contributed by atoms with van der Waals surface area (Å²) in [4.78, 5) is 16.0. The topological polar surface area (TPSA) is 75.1 Å². The van der Waals surface area contributed by atoms with Crippen LogP contribution in [0.15, 0.2) is 36.9 Å². The molecule has 0 saturated heterocycles. The molecule has 0 aliphatic rings. The van der Waals surface area contributed by atoms with E-state index < -0.39 is 0 Å². The molecule has 90 valence electrons. The Balaban J connectivity index is 1.87. The quantitative estimate of drug-likeness (QED) is 0.715. The molecule has 0 saturated carbocycles. The highest BCUT2D eigenvalue weighted by molar-refractivity contribution is 6.04. The molecule has 0 bridgehead atoms.